The molecule has 5 nitrogen and oxygen atoms in total. The van der Waals surface area contributed by atoms with Crippen LogP contribution in [0.3, 0.4) is 0 Å². The lowest BCUT2D eigenvalue weighted by Crippen LogP contribution is -2.35. The van der Waals surface area contributed by atoms with Crippen LogP contribution in [0.15, 0.2) is 42.5 Å². The molecule has 1 heterocycles. The van der Waals surface area contributed by atoms with Crippen molar-refractivity contribution < 1.29 is 14.0 Å². The van der Waals surface area contributed by atoms with Gasteiger partial charge < -0.3 is 15.5 Å². The van der Waals surface area contributed by atoms with E-state index in [9.17, 15) is 14.0 Å². The molecule has 0 bridgehead atoms. The molecule has 1 saturated heterocycles. The molecule has 36 heavy (non-hydrogen) atoms. The van der Waals surface area contributed by atoms with Gasteiger partial charge in [0, 0.05) is 37.4 Å². The summed E-state index contributed by atoms with van der Waals surface area (Å²) >= 11 is 0. The van der Waals surface area contributed by atoms with E-state index in [4.69, 9.17) is 0 Å². The monoisotopic (exact) mass is 495 g/mol. The average Bonchev–Trinajstić information content (AvgIpc) is 2.88. The van der Waals surface area contributed by atoms with Crippen LogP contribution in [0.2, 0.25) is 0 Å². The summed E-state index contributed by atoms with van der Waals surface area (Å²) in [5, 5.41) is 5.95. The number of benzene rings is 2. The van der Waals surface area contributed by atoms with Crippen molar-refractivity contribution in [3.8, 4) is 0 Å². The molecule has 0 radical (unpaired) electrons. The van der Waals surface area contributed by atoms with Crippen LogP contribution in [0.4, 0.5) is 15.8 Å². The van der Waals surface area contributed by atoms with E-state index in [2.05, 4.69) is 29.4 Å². The predicted octanol–water partition coefficient (Wildman–Crippen LogP) is 7.07. The van der Waals surface area contributed by atoms with Gasteiger partial charge in [0.1, 0.15) is 5.82 Å². The van der Waals surface area contributed by atoms with E-state index >= 15 is 0 Å². The Labute approximate surface area is 215 Å². The Morgan fingerprint density at radius 3 is 2.31 bits per heavy atom. The van der Waals surface area contributed by atoms with E-state index in [0.29, 0.717) is 30.1 Å². The molecular formula is C30H42FN3O2. The Morgan fingerprint density at radius 1 is 0.944 bits per heavy atom. The van der Waals surface area contributed by atoms with Crippen molar-refractivity contribution in [2.24, 2.45) is 5.92 Å². The van der Waals surface area contributed by atoms with Gasteiger partial charge >= 0.3 is 0 Å². The van der Waals surface area contributed by atoms with E-state index in [-0.39, 0.29) is 17.6 Å². The van der Waals surface area contributed by atoms with E-state index in [0.717, 1.165) is 50.0 Å². The topological polar surface area (TPSA) is 61.4 Å². The van der Waals surface area contributed by atoms with Crippen LogP contribution < -0.4 is 15.5 Å². The van der Waals surface area contributed by atoms with Crippen molar-refractivity contribution in [3.05, 3.63) is 59.4 Å². The second-order valence-corrected chi connectivity index (χ2v) is 10.1. The first-order valence-corrected chi connectivity index (χ1v) is 13.7. The Hall–Kier alpha value is -2.89. The third-order valence-electron chi connectivity index (χ3n) is 7.02. The summed E-state index contributed by atoms with van der Waals surface area (Å²) in [6.45, 7) is 6.60. The van der Waals surface area contributed by atoms with E-state index in [1.165, 1.54) is 44.2 Å². The summed E-state index contributed by atoms with van der Waals surface area (Å²) in [6, 6.07) is 11.8. The number of amides is 2. The number of piperidine rings is 1. The van der Waals surface area contributed by atoms with Crippen molar-refractivity contribution >= 4 is 23.2 Å². The fraction of sp³-hybridized carbons (Fsp3) is 0.533. The standard InChI is InChI=1S/C30H42FN3O2/c1-3-4-5-6-7-8-9-10-29(35)33-26-15-16-28(34-19-17-23(2)18-20-34)27(21-26)30(36)32-22-24-11-13-25(31)14-12-24/h11-16,21,23H,3-10,17-20,22H2,1-2H3,(H,32,36)(H,33,35). The quantitative estimate of drug-likeness (QED) is 0.292. The number of nitrogens with zero attached hydrogens (tertiary/aromatic N) is 1. The van der Waals surface area contributed by atoms with Gasteiger partial charge in [0.2, 0.25) is 5.91 Å². The van der Waals surface area contributed by atoms with Gasteiger partial charge in [0.15, 0.2) is 0 Å². The van der Waals surface area contributed by atoms with Gasteiger partial charge in [-0.15, -0.1) is 0 Å². The van der Waals surface area contributed by atoms with Gasteiger partial charge in [0.05, 0.1) is 5.56 Å². The summed E-state index contributed by atoms with van der Waals surface area (Å²) in [7, 11) is 0. The Kier molecular flexibility index (Phi) is 11.2. The highest BCUT2D eigenvalue weighted by molar-refractivity contribution is 6.02. The maximum absolute atomic E-state index is 13.2. The molecule has 2 amide bonds. The smallest absolute Gasteiger partial charge is 0.253 e. The molecule has 2 aromatic rings. The zero-order valence-corrected chi connectivity index (χ0v) is 22.0. The molecular weight excluding hydrogens is 453 g/mol. The number of hydrogen-bond donors (Lipinski definition) is 2. The van der Waals surface area contributed by atoms with Gasteiger partial charge in [0.25, 0.3) is 5.91 Å². The SMILES string of the molecule is CCCCCCCCCC(=O)Nc1ccc(N2CCC(C)CC2)c(C(=O)NCc2ccc(F)cc2)c1. The summed E-state index contributed by atoms with van der Waals surface area (Å²) < 4.78 is 13.2. The maximum Gasteiger partial charge on any atom is 0.253 e. The minimum atomic E-state index is -0.299. The largest absolute Gasteiger partial charge is 0.371 e. The van der Waals surface area contributed by atoms with Gasteiger partial charge in [-0.3, -0.25) is 9.59 Å². The van der Waals surface area contributed by atoms with Crippen LogP contribution in [0, 0.1) is 11.7 Å². The zero-order valence-electron chi connectivity index (χ0n) is 22.0. The van der Waals surface area contributed by atoms with Gasteiger partial charge in [-0.05, 0) is 61.1 Å². The number of rotatable bonds is 13. The van der Waals surface area contributed by atoms with Crippen LogP contribution in [0.25, 0.3) is 0 Å². The van der Waals surface area contributed by atoms with E-state index in [1.54, 1.807) is 18.2 Å². The van der Waals surface area contributed by atoms with Gasteiger partial charge in [-0.2, -0.15) is 0 Å². The zero-order chi connectivity index (χ0) is 25.8. The summed E-state index contributed by atoms with van der Waals surface area (Å²) in [4.78, 5) is 28.0. The highest BCUT2D eigenvalue weighted by atomic mass is 19.1. The number of carbonyl (C=O) groups is 2. The summed E-state index contributed by atoms with van der Waals surface area (Å²) in [5.41, 5.74) is 2.92. The number of hydrogen-bond acceptors (Lipinski definition) is 3. The molecule has 6 heteroatoms. The second-order valence-electron chi connectivity index (χ2n) is 10.1. The minimum absolute atomic E-state index is 0.0132. The molecule has 0 spiro atoms. The predicted molar refractivity (Wildman–Crippen MR) is 146 cm³/mol. The lowest BCUT2D eigenvalue weighted by Gasteiger charge is -2.33. The molecule has 0 unspecified atom stereocenters. The van der Waals surface area contributed by atoms with Crippen molar-refractivity contribution in [1.29, 1.82) is 0 Å². The van der Waals surface area contributed by atoms with Crippen molar-refractivity contribution in [1.82, 2.24) is 5.32 Å². The molecule has 3 rings (SSSR count). The summed E-state index contributed by atoms with van der Waals surface area (Å²) in [5.74, 6) is 0.172. The minimum Gasteiger partial charge on any atom is -0.371 e. The van der Waals surface area contributed by atoms with Crippen LogP contribution in [0.1, 0.15) is 94.0 Å². The van der Waals surface area contributed by atoms with Gasteiger partial charge in [-0.25, -0.2) is 4.39 Å². The van der Waals surface area contributed by atoms with Crippen LogP contribution >= 0.6 is 0 Å². The molecule has 1 aliphatic heterocycles. The number of unbranched alkanes of at least 4 members (excludes halogenated alkanes) is 6. The lowest BCUT2D eigenvalue weighted by molar-refractivity contribution is -0.116. The van der Waals surface area contributed by atoms with Crippen molar-refractivity contribution in [2.45, 2.75) is 84.6 Å². The first-order valence-electron chi connectivity index (χ1n) is 13.7. The summed E-state index contributed by atoms with van der Waals surface area (Å²) in [6.07, 6.45) is 10.8. The average molecular weight is 496 g/mol. The van der Waals surface area contributed by atoms with Gasteiger partial charge in [-0.1, -0.05) is 64.5 Å². The molecule has 196 valence electrons. The first kappa shape index (κ1) is 27.7. The number of carbonyl (C=O) groups excluding carboxylic acids is 2. The number of anilines is 2. The fourth-order valence-electron chi connectivity index (χ4n) is 4.67. The van der Waals surface area contributed by atoms with Crippen LogP contribution in [-0.2, 0) is 11.3 Å². The number of nitrogens with one attached hydrogen (secondary N) is 2. The van der Waals surface area contributed by atoms with Crippen LogP contribution in [0.5, 0.6) is 0 Å². The van der Waals surface area contributed by atoms with Crippen molar-refractivity contribution in [3.63, 3.8) is 0 Å². The fourth-order valence-corrected chi connectivity index (χ4v) is 4.67. The Bertz CT molecular complexity index is 969. The highest BCUT2D eigenvalue weighted by Crippen LogP contribution is 2.29. The number of halogens is 1. The molecule has 1 aliphatic rings. The highest BCUT2D eigenvalue weighted by Gasteiger charge is 2.22. The molecule has 2 N–H and O–H groups in total. The molecule has 2 aromatic carbocycles. The molecule has 0 aromatic heterocycles. The third-order valence-corrected chi connectivity index (χ3v) is 7.02. The normalized spacial score (nSPS) is 14.0. The Balaban J connectivity index is 1.63. The van der Waals surface area contributed by atoms with Crippen molar-refractivity contribution in [2.75, 3.05) is 23.3 Å². The molecule has 0 aliphatic carbocycles. The van der Waals surface area contributed by atoms with E-state index in [1.807, 2.05) is 12.1 Å². The molecule has 0 saturated carbocycles. The van der Waals surface area contributed by atoms with Crippen LogP contribution in [-0.4, -0.2) is 24.9 Å². The lowest BCUT2D eigenvalue weighted by atomic mass is 9.97. The van der Waals surface area contributed by atoms with E-state index < -0.39 is 0 Å². The third kappa shape index (κ3) is 8.96. The molecule has 0 atom stereocenters. The second kappa shape index (κ2) is 14.6. The molecule has 1 fully saturated rings. The Morgan fingerprint density at radius 2 is 1.61 bits per heavy atom. The maximum atomic E-state index is 13.2. The first-order chi connectivity index (χ1) is 17.5.